The molecule has 0 aliphatic carbocycles. The summed E-state index contributed by atoms with van der Waals surface area (Å²) < 4.78 is 0.850. The number of hydrogen-bond donors (Lipinski definition) is 2. The molecule has 2 N–H and O–H groups in total. The van der Waals surface area contributed by atoms with E-state index in [0.29, 0.717) is 0 Å². The van der Waals surface area contributed by atoms with Gasteiger partial charge in [0, 0.05) is 12.8 Å². The van der Waals surface area contributed by atoms with Gasteiger partial charge in [0.25, 0.3) is 0 Å². The summed E-state index contributed by atoms with van der Waals surface area (Å²) in [5, 5.41) is 4.24. The van der Waals surface area contributed by atoms with Crippen LogP contribution in [0, 0.1) is 0 Å². The van der Waals surface area contributed by atoms with Crippen LogP contribution in [-0.4, -0.2) is 28.6 Å². The van der Waals surface area contributed by atoms with E-state index in [1.165, 1.54) is 24.4 Å². The van der Waals surface area contributed by atoms with Crippen LogP contribution < -0.4 is 10.6 Å². The minimum Gasteiger partial charge on any atom is -0.341 e. The standard InChI is InChI=1S/C13H15N3O2S2/c1-8(11(17)16-12(18)14-2)20-13-15-10-6-4-3-5-9(10)7-19-13/h3-6,8H,7H2,1-2H3,(H2,14,16,17,18). The Hall–Kier alpha value is -1.47. The molecule has 1 atom stereocenters. The van der Waals surface area contributed by atoms with Gasteiger partial charge in [-0.05, 0) is 18.6 Å². The number of carbonyl (C=O) groups excluding carboxylic acids is 2. The van der Waals surface area contributed by atoms with Crippen LogP contribution in [-0.2, 0) is 10.5 Å². The Morgan fingerprint density at radius 3 is 2.90 bits per heavy atom. The molecule has 5 nitrogen and oxygen atoms in total. The number of hydrogen-bond acceptors (Lipinski definition) is 5. The van der Waals surface area contributed by atoms with E-state index in [9.17, 15) is 9.59 Å². The molecule has 0 radical (unpaired) electrons. The lowest BCUT2D eigenvalue weighted by Crippen LogP contribution is -2.41. The van der Waals surface area contributed by atoms with Crippen molar-refractivity contribution in [3.05, 3.63) is 29.8 Å². The Morgan fingerprint density at radius 2 is 2.15 bits per heavy atom. The summed E-state index contributed by atoms with van der Waals surface area (Å²) in [6.45, 7) is 1.76. The number of para-hydroxylation sites is 1. The number of nitrogens with one attached hydrogen (secondary N) is 2. The second-order valence-corrected chi connectivity index (χ2v) is 6.68. The molecule has 1 aliphatic rings. The number of imide groups is 1. The Balaban J connectivity index is 1.99. The SMILES string of the molecule is CNC(=O)NC(=O)C(C)SC1=Nc2ccccc2CS1. The fourth-order valence-corrected chi connectivity index (χ4v) is 3.74. The molecule has 1 aromatic carbocycles. The monoisotopic (exact) mass is 309 g/mol. The first-order valence-corrected chi connectivity index (χ1v) is 7.95. The number of aliphatic imine (C=N–C) groups is 1. The normalized spacial score (nSPS) is 14.8. The maximum Gasteiger partial charge on any atom is 0.321 e. The van der Waals surface area contributed by atoms with Gasteiger partial charge >= 0.3 is 6.03 Å². The van der Waals surface area contributed by atoms with Crippen molar-refractivity contribution in [1.82, 2.24) is 10.6 Å². The molecule has 0 fully saturated rings. The maximum atomic E-state index is 11.8. The number of fused-ring (bicyclic) bond motifs is 1. The van der Waals surface area contributed by atoms with Gasteiger partial charge in [0.05, 0.1) is 10.9 Å². The molecule has 0 spiro atoms. The molecule has 3 amide bonds. The summed E-state index contributed by atoms with van der Waals surface area (Å²) in [5.41, 5.74) is 2.15. The minimum atomic E-state index is -0.494. The summed E-state index contributed by atoms with van der Waals surface area (Å²) in [5.74, 6) is 0.530. The maximum absolute atomic E-state index is 11.8. The van der Waals surface area contributed by atoms with E-state index in [-0.39, 0.29) is 11.2 Å². The van der Waals surface area contributed by atoms with E-state index in [1.54, 1.807) is 18.7 Å². The molecule has 0 saturated carbocycles. The lowest BCUT2D eigenvalue weighted by molar-refractivity contribution is -0.119. The molecule has 1 aliphatic heterocycles. The molecule has 106 valence electrons. The van der Waals surface area contributed by atoms with E-state index < -0.39 is 6.03 Å². The summed E-state index contributed by atoms with van der Waals surface area (Å²) in [4.78, 5) is 27.4. The highest BCUT2D eigenvalue weighted by Crippen LogP contribution is 2.35. The molecule has 0 saturated heterocycles. The Labute approximate surface area is 126 Å². The van der Waals surface area contributed by atoms with Crippen LogP contribution in [0.5, 0.6) is 0 Å². The van der Waals surface area contributed by atoms with E-state index in [2.05, 4.69) is 21.7 Å². The summed E-state index contributed by atoms with van der Waals surface area (Å²) >= 11 is 2.97. The first kappa shape index (κ1) is 14.9. The van der Waals surface area contributed by atoms with Crippen molar-refractivity contribution < 1.29 is 9.59 Å². The van der Waals surface area contributed by atoms with Crippen molar-refractivity contribution in [1.29, 1.82) is 0 Å². The van der Waals surface area contributed by atoms with Crippen LogP contribution in [0.15, 0.2) is 29.3 Å². The number of amides is 3. The van der Waals surface area contributed by atoms with Crippen LogP contribution in [0.1, 0.15) is 12.5 Å². The molecule has 2 rings (SSSR count). The zero-order chi connectivity index (χ0) is 14.5. The largest absolute Gasteiger partial charge is 0.341 e. The molecule has 1 unspecified atom stereocenters. The molecule has 1 heterocycles. The predicted molar refractivity (Wildman–Crippen MR) is 84.5 cm³/mol. The molecule has 7 heteroatoms. The van der Waals surface area contributed by atoms with Crippen molar-refractivity contribution in [2.24, 2.45) is 4.99 Å². The Bertz CT molecular complexity index is 560. The lowest BCUT2D eigenvalue weighted by atomic mass is 10.2. The molecule has 20 heavy (non-hydrogen) atoms. The number of nitrogens with zero attached hydrogens (tertiary/aromatic N) is 1. The second-order valence-electron chi connectivity index (χ2n) is 4.12. The molecule has 0 aromatic heterocycles. The summed E-state index contributed by atoms with van der Waals surface area (Å²) in [7, 11) is 1.47. The molecular formula is C13H15N3O2S2. The van der Waals surface area contributed by atoms with Crippen LogP contribution in [0.3, 0.4) is 0 Å². The number of rotatable bonds is 2. The first-order chi connectivity index (χ1) is 9.60. The highest BCUT2D eigenvalue weighted by atomic mass is 32.2. The van der Waals surface area contributed by atoms with E-state index in [0.717, 1.165) is 15.8 Å². The first-order valence-electron chi connectivity index (χ1n) is 6.09. The number of thioether (sulfide) groups is 2. The number of benzene rings is 1. The Morgan fingerprint density at radius 1 is 1.40 bits per heavy atom. The summed E-state index contributed by atoms with van der Waals surface area (Å²) in [6.07, 6.45) is 0. The van der Waals surface area contributed by atoms with Gasteiger partial charge in [-0.3, -0.25) is 10.1 Å². The fourth-order valence-electron chi connectivity index (χ4n) is 1.55. The van der Waals surface area contributed by atoms with Crippen molar-refractivity contribution in [3.8, 4) is 0 Å². The zero-order valence-corrected chi connectivity index (χ0v) is 12.8. The van der Waals surface area contributed by atoms with Gasteiger partial charge < -0.3 is 5.32 Å². The van der Waals surface area contributed by atoms with Crippen molar-refractivity contribution in [2.45, 2.75) is 17.9 Å². The average molecular weight is 309 g/mol. The molecule has 1 aromatic rings. The lowest BCUT2D eigenvalue weighted by Gasteiger charge is -2.16. The van der Waals surface area contributed by atoms with Crippen LogP contribution in [0.25, 0.3) is 0 Å². The van der Waals surface area contributed by atoms with Gasteiger partial charge in [0.2, 0.25) is 5.91 Å². The van der Waals surface area contributed by atoms with Crippen molar-refractivity contribution in [2.75, 3.05) is 7.05 Å². The van der Waals surface area contributed by atoms with Crippen LogP contribution in [0.4, 0.5) is 10.5 Å². The number of carbonyl (C=O) groups is 2. The average Bonchev–Trinajstić information content (AvgIpc) is 2.46. The van der Waals surface area contributed by atoms with Crippen molar-refractivity contribution >= 4 is 45.5 Å². The minimum absolute atomic E-state index is 0.323. The topological polar surface area (TPSA) is 70.6 Å². The van der Waals surface area contributed by atoms with Gasteiger partial charge in [-0.25, -0.2) is 9.79 Å². The van der Waals surface area contributed by atoms with Gasteiger partial charge in [-0.1, -0.05) is 41.7 Å². The third-order valence-electron chi connectivity index (χ3n) is 2.67. The molecular weight excluding hydrogens is 294 g/mol. The second kappa shape index (κ2) is 6.81. The van der Waals surface area contributed by atoms with E-state index >= 15 is 0 Å². The van der Waals surface area contributed by atoms with Gasteiger partial charge in [0.15, 0.2) is 0 Å². The van der Waals surface area contributed by atoms with Crippen LogP contribution >= 0.6 is 23.5 Å². The highest BCUT2D eigenvalue weighted by molar-refractivity contribution is 8.39. The van der Waals surface area contributed by atoms with Gasteiger partial charge in [0.1, 0.15) is 4.38 Å². The Kier molecular flexibility index (Phi) is 5.08. The quantitative estimate of drug-likeness (QED) is 0.880. The summed E-state index contributed by atoms with van der Waals surface area (Å²) in [6, 6.07) is 7.46. The third-order valence-corrected chi connectivity index (χ3v) is 4.96. The van der Waals surface area contributed by atoms with Crippen molar-refractivity contribution in [3.63, 3.8) is 0 Å². The van der Waals surface area contributed by atoms with Gasteiger partial charge in [-0.2, -0.15) is 0 Å². The fraction of sp³-hybridized carbons (Fsp3) is 0.308. The number of urea groups is 1. The smallest absolute Gasteiger partial charge is 0.321 e. The third kappa shape index (κ3) is 3.77. The van der Waals surface area contributed by atoms with Crippen LogP contribution in [0.2, 0.25) is 0 Å². The van der Waals surface area contributed by atoms with E-state index in [4.69, 9.17) is 0 Å². The predicted octanol–water partition coefficient (Wildman–Crippen LogP) is 2.50. The highest BCUT2D eigenvalue weighted by Gasteiger charge is 2.21. The van der Waals surface area contributed by atoms with Gasteiger partial charge in [-0.15, -0.1) is 0 Å². The molecule has 0 bridgehead atoms. The zero-order valence-electron chi connectivity index (χ0n) is 11.2. The van der Waals surface area contributed by atoms with E-state index in [1.807, 2.05) is 18.2 Å².